The van der Waals surface area contributed by atoms with Gasteiger partial charge in [-0.2, -0.15) is 5.26 Å². The van der Waals surface area contributed by atoms with E-state index in [0.29, 0.717) is 47.4 Å². The molecule has 0 saturated carbocycles. The number of aromatic amines is 1. The number of halogens is 2. The van der Waals surface area contributed by atoms with Crippen molar-refractivity contribution < 1.29 is 9.53 Å². The van der Waals surface area contributed by atoms with Gasteiger partial charge in [0, 0.05) is 41.8 Å². The second kappa shape index (κ2) is 9.27. The number of benzene rings is 1. The standard InChI is InChI=1S/C24H25Cl2N3O3/c1-13-9-14(2)28-23(30)19(13)11-29-7-4-17-20(25)10-18(22(26)21(17)24(29)31)16(3-6-27)15-5-8-32-12-15/h9-10,15-16H,3-5,7-8,11-12H2,1-2H3,(H,28,30)/t15-,16+/m1/s1. The van der Waals surface area contributed by atoms with Gasteiger partial charge < -0.3 is 14.6 Å². The van der Waals surface area contributed by atoms with Gasteiger partial charge in [0.2, 0.25) is 0 Å². The van der Waals surface area contributed by atoms with Crippen molar-refractivity contribution in [3.05, 3.63) is 66.0 Å². The lowest BCUT2D eigenvalue weighted by Crippen LogP contribution is -2.39. The van der Waals surface area contributed by atoms with E-state index in [9.17, 15) is 14.9 Å². The molecule has 1 fully saturated rings. The quantitative estimate of drug-likeness (QED) is 0.690. The number of hydrogen-bond acceptors (Lipinski definition) is 4. The van der Waals surface area contributed by atoms with Crippen LogP contribution in [0.15, 0.2) is 16.9 Å². The van der Waals surface area contributed by atoms with Gasteiger partial charge in [0.15, 0.2) is 0 Å². The molecule has 0 bridgehead atoms. The molecule has 4 rings (SSSR count). The van der Waals surface area contributed by atoms with Gasteiger partial charge in [0.25, 0.3) is 11.5 Å². The van der Waals surface area contributed by atoms with E-state index in [2.05, 4.69) is 11.1 Å². The summed E-state index contributed by atoms with van der Waals surface area (Å²) in [6.45, 7) is 5.57. The van der Waals surface area contributed by atoms with Crippen LogP contribution in [0.2, 0.25) is 10.0 Å². The van der Waals surface area contributed by atoms with Gasteiger partial charge in [-0.15, -0.1) is 0 Å². The Balaban J connectivity index is 1.72. The van der Waals surface area contributed by atoms with E-state index < -0.39 is 0 Å². The van der Waals surface area contributed by atoms with Crippen LogP contribution in [0.3, 0.4) is 0 Å². The molecule has 1 saturated heterocycles. The third kappa shape index (κ3) is 4.17. The van der Waals surface area contributed by atoms with Gasteiger partial charge in [-0.25, -0.2) is 0 Å². The first-order valence-corrected chi connectivity index (χ1v) is 11.5. The summed E-state index contributed by atoms with van der Waals surface area (Å²) < 4.78 is 5.53. The Morgan fingerprint density at radius 1 is 1.31 bits per heavy atom. The third-order valence-electron chi connectivity index (χ3n) is 6.57. The smallest absolute Gasteiger partial charge is 0.256 e. The van der Waals surface area contributed by atoms with Crippen LogP contribution in [0.25, 0.3) is 0 Å². The van der Waals surface area contributed by atoms with E-state index in [1.165, 1.54) is 0 Å². The van der Waals surface area contributed by atoms with Crippen LogP contribution in [0, 0.1) is 31.1 Å². The van der Waals surface area contributed by atoms with Crippen LogP contribution in [0.4, 0.5) is 0 Å². The lowest BCUT2D eigenvalue weighted by molar-refractivity contribution is 0.0726. The maximum absolute atomic E-state index is 13.5. The summed E-state index contributed by atoms with van der Waals surface area (Å²) in [6.07, 6.45) is 1.67. The zero-order valence-corrected chi connectivity index (χ0v) is 19.6. The molecule has 1 aromatic carbocycles. The Hall–Kier alpha value is -2.33. The number of rotatable bonds is 5. The van der Waals surface area contributed by atoms with Crippen LogP contribution in [-0.4, -0.2) is 35.5 Å². The lowest BCUT2D eigenvalue weighted by atomic mass is 9.81. The normalized spacial score (nSPS) is 19.0. The third-order valence-corrected chi connectivity index (χ3v) is 7.31. The topological polar surface area (TPSA) is 86.2 Å². The van der Waals surface area contributed by atoms with E-state index in [0.717, 1.165) is 28.8 Å². The maximum atomic E-state index is 13.5. The van der Waals surface area contributed by atoms with Crippen molar-refractivity contribution in [3.8, 4) is 6.07 Å². The molecule has 2 aromatic rings. The predicted molar refractivity (Wildman–Crippen MR) is 123 cm³/mol. The maximum Gasteiger partial charge on any atom is 0.256 e. The summed E-state index contributed by atoms with van der Waals surface area (Å²) in [4.78, 5) is 30.5. The van der Waals surface area contributed by atoms with E-state index in [4.69, 9.17) is 27.9 Å². The number of pyridine rings is 1. The highest BCUT2D eigenvalue weighted by molar-refractivity contribution is 6.37. The molecule has 1 amide bonds. The Morgan fingerprint density at radius 3 is 2.75 bits per heavy atom. The number of nitrogens with one attached hydrogen (secondary N) is 1. The summed E-state index contributed by atoms with van der Waals surface area (Å²) >= 11 is 13.4. The number of ether oxygens (including phenoxy) is 1. The summed E-state index contributed by atoms with van der Waals surface area (Å²) in [5.41, 5.74) is 3.86. The molecular weight excluding hydrogens is 449 g/mol. The molecule has 8 heteroatoms. The number of nitriles is 1. The summed E-state index contributed by atoms with van der Waals surface area (Å²) in [5, 5.41) is 10.3. The highest BCUT2D eigenvalue weighted by Crippen LogP contribution is 2.43. The second-order valence-electron chi connectivity index (χ2n) is 8.63. The van der Waals surface area contributed by atoms with Gasteiger partial charge in [-0.05, 0) is 61.4 Å². The highest BCUT2D eigenvalue weighted by atomic mass is 35.5. The minimum absolute atomic E-state index is 0.150. The molecule has 1 aromatic heterocycles. The molecule has 2 aliphatic heterocycles. The highest BCUT2D eigenvalue weighted by Gasteiger charge is 2.35. The van der Waals surface area contributed by atoms with Crippen molar-refractivity contribution >= 4 is 29.1 Å². The van der Waals surface area contributed by atoms with Crippen LogP contribution in [-0.2, 0) is 17.7 Å². The molecular formula is C24H25Cl2N3O3. The fraction of sp³-hybridized carbons (Fsp3) is 0.458. The number of fused-ring (bicyclic) bond motifs is 1. The Morgan fingerprint density at radius 2 is 2.09 bits per heavy atom. The molecule has 6 nitrogen and oxygen atoms in total. The van der Waals surface area contributed by atoms with Gasteiger partial charge in [-0.3, -0.25) is 9.59 Å². The zero-order valence-electron chi connectivity index (χ0n) is 18.1. The Bertz CT molecular complexity index is 1160. The Labute approximate surface area is 197 Å². The van der Waals surface area contributed by atoms with E-state index in [1.54, 1.807) is 4.90 Å². The van der Waals surface area contributed by atoms with Gasteiger partial charge in [0.1, 0.15) is 0 Å². The number of aryl methyl sites for hydroxylation is 2. The lowest BCUT2D eigenvalue weighted by Gasteiger charge is -2.32. The number of H-pyrrole nitrogens is 1. The van der Waals surface area contributed by atoms with Crippen molar-refractivity contribution in [3.63, 3.8) is 0 Å². The summed E-state index contributed by atoms with van der Waals surface area (Å²) in [6, 6.07) is 5.97. The minimum Gasteiger partial charge on any atom is -0.381 e. The number of aromatic nitrogens is 1. The first-order chi connectivity index (χ1) is 15.3. The largest absolute Gasteiger partial charge is 0.381 e. The van der Waals surface area contributed by atoms with Crippen LogP contribution < -0.4 is 5.56 Å². The number of hydrogen-bond donors (Lipinski definition) is 1. The van der Waals surface area contributed by atoms with Crippen LogP contribution in [0.5, 0.6) is 0 Å². The summed E-state index contributed by atoms with van der Waals surface area (Å²) in [5.74, 6) is -0.231. The molecule has 2 atom stereocenters. The number of amides is 1. The van der Waals surface area contributed by atoms with Crippen molar-refractivity contribution in [1.82, 2.24) is 9.88 Å². The average Bonchev–Trinajstić information content (AvgIpc) is 3.27. The molecule has 0 radical (unpaired) electrons. The first kappa shape index (κ1) is 22.8. The van der Waals surface area contributed by atoms with Gasteiger partial charge in [0.05, 0.1) is 29.8 Å². The first-order valence-electron chi connectivity index (χ1n) is 10.8. The van der Waals surface area contributed by atoms with Crippen molar-refractivity contribution in [2.75, 3.05) is 19.8 Å². The number of carbonyl (C=O) groups is 1. The molecule has 0 spiro atoms. The average molecular weight is 474 g/mol. The molecule has 0 aliphatic carbocycles. The molecule has 168 valence electrons. The molecule has 0 unspecified atom stereocenters. The monoisotopic (exact) mass is 473 g/mol. The van der Waals surface area contributed by atoms with Crippen molar-refractivity contribution in [2.45, 2.75) is 45.6 Å². The van der Waals surface area contributed by atoms with Crippen LogP contribution >= 0.6 is 23.2 Å². The summed E-state index contributed by atoms with van der Waals surface area (Å²) in [7, 11) is 0. The zero-order chi connectivity index (χ0) is 23.0. The molecule has 2 aliphatic rings. The predicted octanol–water partition coefficient (Wildman–Crippen LogP) is 4.53. The van der Waals surface area contributed by atoms with Gasteiger partial charge in [-0.1, -0.05) is 23.2 Å². The molecule has 1 N–H and O–H groups in total. The SMILES string of the molecule is Cc1cc(C)c(CN2CCc3c(Cl)cc([C@@H](CC#N)[C@@H]4CCOC4)c(Cl)c3C2=O)c(=O)[nH]1. The number of carbonyl (C=O) groups excluding carboxylic acids is 1. The minimum atomic E-state index is -0.238. The molecule has 3 heterocycles. The molecule has 32 heavy (non-hydrogen) atoms. The van der Waals surface area contributed by atoms with E-state index >= 15 is 0 Å². The van der Waals surface area contributed by atoms with Crippen molar-refractivity contribution in [1.29, 1.82) is 5.26 Å². The van der Waals surface area contributed by atoms with Crippen molar-refractivity contribution in [2.24, 2.45) is 5.92 Å². The number of nitrogens with zero attached hydrogens (tertiary/aromatic N) is 2. The Kier molecular flexibility index (Phi) is 6.62. The van der Waals surface area contributed by atoms with E-state index in [1.807, 2.05) is 26.0 Å². The van der Waals surface area contributed by atoms with E-state index in [-0.39, 0.29) is 36.3 Å². The second-order valence-corrected chi connectivity index (χ2v) is 9.41. The van der Waals surface area contributed by atoms with Gasteiger partial charge >= 0.3 is 0 Å². The van der Waals surface area contributed by atoms with Crippen LogP contribution in [0.1, 0.15) is 57.1 Å². The fourth-order valence-electron chi connectivity index (χ4n) is 4.85. The fourth-order valence-corrected chi connectivity index (χ4v) is 5.54.